The van der Waals surface area contributed by atoms with Crippen LogP contribution in [0.25, 0.3) is 0 Å². The maximum absolute atomic E-state index is 11.9. The fourth-order valence-electron chi connectivity index (χ4n) is 1.32. The lowest BCUT2D eigenvalue weighted by molar-refractivity contribution is 0.0949. The second kappa shape index (κ2) is 6.61. The van der Waals surface area contributed by atoms with Gasteiger partial charge >= 0.3 is 0 Å². The number of nitrogens with one attached hydrogen (secondary N) is 1. The molecule has 0 saturated carbocycles. The van der Waals surface area contributed by atoms with Gasteiger partial charge in [-0.2, -0.15) is 0 Å². The van der Waals surface area contributed by atoms with Crippen LogP contribution in [0.4, 0.5) is 0 Å². The van der Waals surface area contributed by atoms with Crippen molar-refractivity contribution in [1.29, 1.82) is 0 Å². The van der Waals surface area contributed by atoms with Gasteiger partial charge in [0.1, 0.15) is 5.75 Å². The van der Waals surface area contributed by atoms with Crippen molar-refractivity contribution < 1.29 is 9.53 Å². The topological polar surface area (TPSA) is 64.3 Å². The quantitative estimate of drug-likeness (QED) is 0.873. The van der Waals surface area contributed by atoms with Crippen molar-refractivity contribution in [3.8, 4) is 5.75 Å². The van der Waals surface area contributed by atoms with Gasteiger partial charge in [-0.1, -0.05) is 15.9 Å². The molecule has 0 aliphatic heterocycles. The van der Waals surface area contributed by atoms with E-state index in [0.29, 0.717) is 24.4 Å². The molecule has 17 heavy (non-hydrogen) atoms. The van der Waals surface area contributed by atoms with Gasteiger partial charge in [0.05, 0.1) is 11.7 Å². The van der Waals surface area contributed by atoms with Crippen LogP contribution in [0.3, 0.4) is 0 Å². The van der Waals surface area contributed by atoms with E-state index in [1.54, 1.807) is 12.1 Å². The third-order valence-electron chi connectivity index (χ3n) is 1.98. The molecule has 0 aliphatic rings. The lowest BCUT2D eigenvalue weighted by Crippen LogP contribution is -2.29. The minimum atomic E-state index is -0.168. The average molecular weight is 301 g/mol. The lowest BCUT2D eigenvalue weighted by Gasteiger charge is -2.14. The van der Waals surface area contributed by atoms with E-state index in [2.05, 4.69) is 21.2 Å². The SMILES string of the molecule is CC(C)Oc1cc(Br)ccc1C(=O)NCCN. The molecule has 1 aromatic rings. The van der Waals surface area contributed by atoms with Crippen LogP contribution in [0.1, 0.15) is 24.2 Å². The first kappa shape index (κ1) is 14.0. The molecule has 0 aliphatic carbocycles. The smallest absolute Gasteiger partial charge is 0.255 e. The number of halogens is 1. The molecule has 0 saturated heterocycles. The Morgan fingerprint density at radius 3 is 2.82 bits per heavy atom. The Bertz CT molecular complexity index is 394. The highest BCUT2D eigenvalue weighted by Gasteiger charge is 2.13. The van der Waals surface area contributed by atoms with Crippen molar-refractivity contribution in [2.45, 2.75) is 20.0 Å². The Morgan fingerprint density at radius 1 is 1.53 bits per heavy atom. The Kier molecular flexibility index (Phi) is 5.44. The second-order valence-electron chi connectivity index (χ2n) is 3.85. The summed E-state index contributed by atoms with van der Waals surface area (Å²) in [7, 11) is 0. The third-order valence-corrected chi connectivity index (χ3v) is 2.47. The minimum absolute atomic E-state index is 0.0189. The van der Waals surface area contributed by atoms with Crippen molar-refractivity contribution in [1.82, 2.24) is 5.32 Å². The van der Waals surface area contributed by atoms with Gasteiger partial charge in [-0.25, -0.2) is 0 Å². The fraction of sp³-hybridized carbons (Fsp3) is 0.417. The second-order valence-corrected chi connectivity index (χ2v) is 4.77. The maximum Gasteiger partial charge on any atom is 0.255 e. The number of nitrogens with two attached hydrogens (primary N) is 1. The fourth-order valence-corrected chi connectivity index (χ4v) is 1.66. The van der Waals surface area contributed by atoms with Gasteiger partial charge in [-0.05, 0) is 32.0 Å². The number of rotatable bonds is 5. The maximum atomic E-state index is 11.9. The molecular weight excluding hydrogens is 284 g/mol. The number of hydrogen-bond acceptors (Lipinski definition) is 3. The summed E-state index contributed by atoms with van der Waals surface area (Å²) in [5.74, 6) is 0.405. The van der Waals surface area contributed by atoms with Gasteiger partial charge in [-0.3, -0.25) is 4.79 Å². The number of benzene rings is 1. The molecule has 1 aromatic carbocycles. The van der Waals surface area contributed by atoms with E-state index in [1.165, 1.54) is 0 Å². The minimum Gasteiger partial charge on any atom is -0.490 e. The van der Waals surface area contributed by atoms with E-state index >= 15 is 0 Å². The van der Waals surface area contributed by atoms with Crippen LogP contribution in [0.5, 0.6) is 5.75 Å². The number of carbonyl (C=O) groups is 1. The van der Waals surface area contributed by atoms with Gasteiger partial charge in [0.25, 0.3) is 5.91 Å². The monoisotopic (exact) mass is 300 g/mol. The normalized spacial score (nSPS) is 10.4. The molecule has 4 nitrogen and oxygen atoms in total. The van der Waals surface area contributed by atoms with Crippen LogP contribution >= 0.6 is 15.9 Å². The van der Waals surface area contributed by atoms with Crippen LogP contribution in [0, 0.1) is 0 Å². The van der Waals surface area contributed by atoms with Gasteiger partial charge in [0.15, 0.2) is 0 Å². The summed E-state index contributed by atoms with van der Waals surface area (Å²) in [5, 5.41) is 2.72. The van der Waals surface area contributed by atoms with E-state index in [-0.39, 0.29) is 12.0 Å². The zero-order chi connectivity index (χ0) is 12.8. The molecule has 0 atom stereocenters. The van der Waals surface area contributed by atoms with Crippen molar-refractivity contribution in [2.24, 2.45) is 5.73 Å². The largest absolute Gasteiger partial charge is 0.490 e. The van der Waals surface area contributed by atoms with Crippen LogP contribution in [0.15, 0.2) is 22.7 Å². The van der Waals surface area contributed by atoms with Crippen molar-refractivity contribution in [3.05, 3.63) is 28.2 Å². The summed E-state index contributed by atoms with van der Waals surface area (Å²) in [4.78, 5) is 11.9. The molecule has 1 amide bonds. The summed E-state index contributed by atoms with van der Waals surface area (Å²) < 4.78 is 6.48. The van der Waals surface area contributed by atoms with Crippen molar-refractivity contribution >= 4 is 21.8 Å². The van der Waals surface area contributed by atoms with Gasteiger partial charge in [0, 0.05) is 17.6 Å². The van der Waals surface area contributed by atoms with E-state index in [9.17, 15) is 4.79 Å². The van der Waals surface area contributed by atoms with Crippen molar-refractivity contribution in [3.63, 3.8) is 0 Å². The molecule has 0 heterocycles. The number of amides is 1. The molecular formula is C12H17BrN2O2. The molecule has 0 bridgehead atoms. The molecule has 0 fully saturated rings. The zero-order valence-corrected chi connectivity index (χ0v) is 11.6. The Balaban J connectivity index is 2.92. The highest BCUT2D eigenvalue weighted by atomic mass is 79.9. The summed E-state index contributed by atoms with van der Waals surface area (Å²) in [6, 6.07) is 5.33. The summed E-state index contributed by atoms with van der Waals surface area (Å²) in [6.45, 7) is 4.71. The van der Waals surface area contributed by atoms with Crippen LogP contribution in [0.2, 0.25) is 0 Å². The zero-order valence-electron chi connectivity index (χ0n) is 10.00. The number of ether oxygens (including phenoxy) is 1. The molecule has 94 valence electrons. The van der Waals surface area contributed by atoms with Gasteiger partial charge < -0.3 is 15.8 Å². The van der Waals surface area contributed by atoms with E-state index in [4.69, 9.17) is 10.5 Å². The molecule has 1 rings (SSSR count). The number of carbonyl (C=O) groups excluding carboxylic acids is 1. The predicted molar refractivity (Wildman–Crippen MR) is 71.3 cm³/mol. The summed E-state index contributed by atoms with van der Waals surface area (Å²) >= 11 is 3.36. The highest BCUT2D eigenvalue weighted by Crippen LogP contribution is 2.24. The van der Waals surface area contributed by atoms with Gasteiger partial charge in [-0.15, -0.1) is 0 Å². The van der Waals surface area contributed by atoms with Crippen LogP contribution < -0.4 is 15.8 Å². The van der Waals surface area contributed by atoms with Crippen LogP contribution in [-0.4, -0.2) is 25.1 Å². The Hall–Kier alpha value is -1.07. The molecule has 0 unspecified atom stereocenters. The Labute approximate surface area is 110 Å². The van der Waals surface area contributed by atoms with E-state index in [1.807, 2.05) is 19.9 Å². The van der Waals surface area contributed by atoms with Gasteiger partial charge in [0.2, 0.25) is 0 Å². The molecule has 0 spiro atoms. The lowest BCUT2D eigenvalue weighted by atomic mass is 10.2. The standard InChI is InChI=1S/C12H17BrN2O2/c1-8(2)17-11-7-9(13)3-4-10(11)12(16)15-6-5-14/h3-4,7-8H,5-6,14H2,1-2H3,(H,15,16). The van der Waals surface area contributed by atoms with E-state index < -0.39 is 0 Å². The number of hydrogen-bond donors (Lipinski definition) is 2. The van der Waals surface area contributed by atoms with Crippen LogP contribution in [-0.2, 0) is 0 Å². The molecule has 5 heteroatoms. The first-order chi connectivity index (χ1) is 8.04. The molecule has 0 radical (unpaired) electrons. The third kappa shape index (κ3) is 4.36. The highest BCUT2D eigenvalue weighted by molar-refractivity contribution is 9.10. The summed E-state index contributed by atoms with van der Waals surface area (Å²) in [6.07, 6.45) is 0.0189. The molecule has 0 aromatic heterocycles. The predicted octanol–water partition coefficient (Wildman–Crippen LogP) is 1.92. The Morgan fingerprint density at radius 2 is 2.24 bits per heavy atom. The first-order valence-electron chi connectivity index (χ1n) is 5.49. The van der Waals surface area contributed by atoms with E-state index in [0.717, 1.165) is 4.47 Å². The summed E-state index contributed by atoms with van der Waals surface area (Å²) in [5.41, 5.74) is 5.87. The van der Waals surface area contributed by atoms with Crippen molar-refractivity contribution in [2.75, 3.05) is 13.1 Å². The molecule has 3 N–H and O–H groups in total. The first-order valence-corrected chi connectivity index (χ1v) is 6.28. The average Bonchev–Trinajstić information content (AvgIpc) is 2.25.